The van der Waals surface area contributed by atoms with Crippen LogP contribution in [0.4, 0.5) is 24.8 Å². The number of nitrogens with two attached hydrogens (primary N) is 1. The molecule has 5 nitrogen and oxygen atoms in total. The molecule has 0 aromatic carbocycles. The Morgan fingerprint density at radius 3 is 2.06 bits per heavy atom. The summed E-state index contributed by atoms with van der Waals surface area (Å²) in [4.78, 5) is 6.64. The Balaban J connectivity index is 3.15. The molecular formula is C9H14F3N5. The van der Waals surface area contributed by atoms with Gasteiger partial charge in [0.25, 0.3) is 0 Å². The number of anilines is 2. The molecule has 0 radical (unpaired) electrons. The normalized spacial score (nSPS) is 12.4. The first-order valence-electron chi connectivity index (χ1n) is 4.83. The highest BCUT2D eigenvalue weighted by Gasteiger charge is 2.35. The molecule has 0 fully saturated rings. The van der Waals surface area contributed by atoms with Gasteiger partial charge in [0.05, 0.1) is 0 Å². The van der Waals surface area contributed by atoms with Crippen LogP contribution in [0.25, 0.3) is 0 Å². The summed E-state index contributed by atoms with van der Waals surface area (Å²) >= 11 is 0. The molecule has 0 saturated carbocycles. The highest BCUT2D eigenvalue weighted by atomic mass is 19.4. The molecule has 1 rings (SSSR count). The van der Waals surface area contributed by atoms with Crippen molar-refractivity contribution in [2.45, 2.75) is 32.5 Å². The Morgan fingerprint density at radius 1 is 1.12 bits per heavy atom. The molecule has 96 valence electrons. The molecule has 4 N–H and O–H groups in total. The summed E-state index contributed by atoms with van der Waals surface area (Å²) in [6.07, 6.45) is -4.61. The maximum atomic E-state index is 12.5. The summed E-state index contributed by atoms with van der Waals surface area (Å²) in [5, 5.41) is 2.82. The van der Waals surface area contributed by atoms with E-state index in [0.717, 1.165) is 0 Å². The Labute approximate surface area is 96.6 Å². The number of alkyl halides is 3. The molecule has 1 heterocycles. The van der Waals surface area contributed by atoms with Gasteiger partial charge in [-0.1, -0.05) is 0 Å². The van der Waals surface area contributed by atoms with E-state index in [2.05, 4.69) is 20.7 Å². The van der Waals surface area contributed by atoms with E-state index in [1.54, 1.807) is 20.8 Å². The molecule has 0 aliphatic carbocycles. The number of hydrogen-bond acceptors (Lipinski definition) is 5. The van der Waals surface area contributed by atoms with Gasteiger partial charge >= 0.3 is 6.18 Å². The van der Waals surface area contributed by atoms with Gasteiger partial charge in [-0.15, -0.1) is 0 Å². The van der Waals surface area contributed by atoms with Crippen LogP contribution >= 0.6 is 0 Å². The summed E-state index contributed by atoms with van der Waals surface area (Å²) in [6.45, 7) is 5.41. The summed E-state index contributed by atoms with van der Waals surface area (Å²) < 4.78 is 37.5. The van der Waals surface area contributed by atoms with Crippen molar-refractivity contribution in [3.8, 4) is 0 Å². The number of rotatable bonds is 2. The predicted molar refractivity (Wildman–Crippen MR) is 58.2 cm³/mol. The monoisotopic (exact) mass is 249 g/mol. The van der Waals surface area contributed by atoms with Crippen LogP contribution in [0.15, 0.2) is 6.07 Å². The number of hydrogen-bond donors (Lipinski definition) is 3. The molecule has 0 unspecified atom stereocenters. The number of halogens is 3. The second-order valence-electron chi connectivity index (χ2n) is 4.48. The minimum Gasteiger partial charge on any atom is -0.365 e. The fourth-order valence-electron chi connectivity index (χ4n) is 1.10. The summed E-state index contributed by atoms with van der Waals surface area (Å²) in [5.41, 5.74) is 1.66. The van der Waals surface area contributed by atoms with Crippen molar-refractivity contribution in [1.82, 2.24) is 9.97 Å². The van der Waals surface area contributed by atoms with E-state index >= 15 is 0 Å². The van der Waals surface area contributed by atoms with Gasteiger partial charge in [-0.3, -0.25) is 0 Å². The number of nitrogens with zero attached hydrogens (tertiary/aromatic N) is 2. The lowest BCUT2D eigenvalue weighted by Crippen LogP contribution is -2.28. The lowest BCUT2D eigenvalue weighted by molar-refractivity contribution is -0.144. The third kappa shape index (κ3) is 4.06. The van der Waals surface area contributed by atoms with E-state index in [9.17, 15) is 13.2 Å². The van der Waals surface area contributed by atoms with Crippen molar-refractivity contribution >= 4 is 11.6 Å². The molecule has 0 spiro atoms. The molecule has 0 atom stereocenters. The first-order valence-corrected chi connectivity index (χ1v) is 4.83. The van der Waals surface area contributed by atoms with Crippen molar-refractivity contribution in [2.24, 2.45) is 5.84 Å². The predicted octanol–water partition coefficient (Wildman–Crippen LogP) is 1.99. The molecule has 1 aromatic heterocycles. The van der Waals surface area contributed by atoms with Crippen molar-refractivity contribution < 1.29 is 13.2 Å². The van der Waals surface area contributed by atoms with E-state index in [1.807, 2.05) is 0 Å². The van der Waals surface area contributed by atoms with Crippen LogP contribution in [0.5, 0.6) is 0 Å². The lowest BCUT2D eigenvalue weighted by Gasteiger charge is -2.22. The Hall–Kier alpha value is -1.57. The van der Waals surface area contributed by atoms with Crippen LogP contribution in [0.3, 0.4) is 0 Å². The SMILES string of the molecule is CC(C)(C)Nc1cc(NN)nc(C(F)(F)F)n1. The molecule has 0 amide bonds. The molecular weight excluding hydrogens is 235 g/mol. The van der Waals surface area contributed by atoms with E-state index in [4.69, 9.17) is 5.84 Å². The van der Waals surface area contributed by atoms with Crippen molar-refractivity contribution in [1.29, 1.82) is 0 Å². The van der Waals surface area contributed by atoms with Gasteiger partial charge < -0.3 is 10.7 Å². The first kappa shape index (κ1) is 13.5. The minimum atomic E-state index is -4.61. The summed E-state index contributed by atoms with van der Waals surface area (Å²) in [5.74, 6) is 3.79. The molecule has 0 saturated heterocycles. The highest BCUT2D eigenvalue weighted by Crippen LogP contribution is 2.28. The standard InChI is InChI=1S/C9H14F3N5/c1-8(2,3)16-5-4-6(17-13)15-7(14-5)9(10,11)12/h4H,13H2,1-3H3,(H2,14,15,16,17). The molecule has 0 aliphatic heterocycles. The Bertz CT molecular complexity index is 397. The van der Waals surface area contributed by atoms with E-state index in [0.29, 0.717) is 0 Å². The van der Waals surface area contributed by atoms with Gasteiger partial charge in [0.2, 0.25) is 5.82 Å². The van der Waals surface area contributed by atoms with Crippen LogP contribution in [-0.4, -0.2) is 15.5 Å². The largest absolute Gasteiger partial charge is 0.451 e. The third-order valence-electron chi connectivity index (χ3n) is 1.63. The molecule has 8 heteroatoms. The average Bonchev–Trinajstić information content (AvgIpc) is 2.13. The summed E-state index contributed by atoms with van der Waals surface area (Å²) in [7, 11) is 0. The number of nitrogens with one attached hydrogen (secondary N) is 2. The van der Waals surface area contributed by atoms with Crippen molar-refractivity contribution in [3.05, 3.63) is 11.9 Å². The second-order valence-corrected chi connectivity index (χ2v) is 4.48. The maximum absolute atomic E-state index is 12.5. The summed E-state index contributed by atoms with van der Waals surface area (Å²) in [6, 6.07) is 1.31. The van der Waals surface area contributed by atoms with Crippen LogP contribution in [0.1, 0.15) is 26.6 Å². The van der Waals surface area contributed by atoms with Gasteiger partial charge in [-0.2, -0.15) is 13.2 Å². The van der Waals surface area contributed by atoms with E-state index in [1.165, 1.54) is 6.07 Å². The second kappa shape index (κ2) is 4.36. The van der Waals surface area contributed by atoms with Crippen LogP contribution < -0.4 is 16.6 Å². The first-order chi connectivity index (χ1) is 7.62. The van der Waals surface area contributed by atoms with E-state index in [-0.39, 0.29) is 11.6 Å². The smallest absolute Gasteiger partial charge is 0.365 e. The fourth-order valence-corrected chi connectivity index (χ4v) is 1.10. The zero-order valence-electron chi connectivity index (χ0n) is 9.68. The van der Waals surface area contributed by atoms with Crippen LogP contribution in [0, 0.1) is 0 Å². The van der Waals surface area contributed by atoms with Crippen LogP contribution in [-0.2, 0) is 6.18 Å². The van der Waals surface area contributed by atoms with Crippen molar-refractivity contribution in [3.63, 3.8) is 0 Å². The minimum absolute atomic E-state index is 0.0628. The number of nitrogen functional groups attached to an aromatic ring is 1. The fraction of sp³-hybridized carbons (Fsp3) is 0.556. The van der Waals surface area contributed by atoms with Gasteiger partial charge in [-0.05, 0) is 20.8 Å². The Kier molecular flexibility index (Phi) is 3.46. The number of aromatic nitrogens is 2. The lowest BCUT2D eigenvalue weighted by atomic mass is 10.1. The molecule has 1 aromatic rings. The molecule has 0 bridgehead atoms. The molecule has 17 heavy (non-hydrogen) atoms. The van der Waals surface area contributed by atoms with Crippen molar-refractivity contribution in [2.75, 3.05) is 10.7 Å². The Morgan fingerprint density at radius 2 is 1.65 bits per heavy atom. The van der Waals surface area contributed by atoms with Gasteiger partial charge in [-0.25, -0.2) is 15.8 Å². The number of hydrazine groups is 1. The topological polar surface area (TPSA) is 75.9 Å². The van der Waals surface area contributed by atoms with Crippen LogP contribution in [0.2, 0.25) is 0 Å². The van der Waals surface area contributed by atoms with Gasteiger partial charge in [0, 0.05) is 11.6 Å². The van der Waals surface area contributed by atoms with Gasteiger partial charge in [0.1, 0.15) is 11.6 Å². The zero-order valence-corrected chi connectivity index (χ0v) is 9.68. The zero-order chi connectivity index (χ0) is 13.3. The van der Waals surface area contributed by atoms with E-state index < -0.39 is 17.5 Å². The third-order valence-corrected chi connectivity index (χ3v) is 1.63. The average molecular weight is 249 g/mol. The quantitative estimate of drug-likeness (QED) is 0.552. The highest BCUT2D eigenvalue weighted by molar-refractivity contribution is 5.48. The van der Waals surface area contributed by atoms with Gasteiger partial charge in [0.15, 0.2) is 0 Å². The molecule has 0 aliphatic rings. The maximum Gasteiger partial charge on any atom is 0.451 e.